The average Bonchev–Trinajstić information content (AvgIpc) is 4.21. The lowest BCUT2D eigenvalue weighted by atomic mass is 9.96. The Balaban J connectivity index is 0.777. The lowest BCUT2D eigenvalue weighted by Gasteiger charge is -2.13. The van der Waals surface area contributed by atoms with Crippen LogP contribution >= 0.6 is 0 Å². The minimum absolute atomic E-state index is 0.668. The van der Waals surface area contributed by atoms with E-state index in [4.69, 9.17) is 9.97 Å². The van der Waals surface area contributed by atoms with Crippen molar-refractivity contribution in [2.45, 2.75) is 0 Å². The molecule has 80 heavy (non-hydrogen) atoms. The van der Waals surface area contributed by atoms with Gasteiger partial charge >= 0.3 is 0 Å². The molecule has 0 radical (unpaired) electrons. The highest BCUT2D eigenvalue weighted by atomic mass is 15.0. The first-order valence-electron chi connectivity index (χ1n) is 27.3. The highest BCUT2D eigenvalue weighted by Crippen LogP contribution is 2.38. The van der Waals surface area contributed by atoms with Crippen molar-refractivity contribution >= 4 is 43.6 Å². The van der Waals surface area contributed by atoms with Crippen LogP contribution in [0.15, 0.2) is 303 Å². The van der Waals surface area contributed by atoms with Crippen LogP contribution in [0.4, 0.5) is 0 Å². The summed E-state index contributed by atoms with van der Waals surface area (Å²) < 4.78 is 4.75. The summed E-state index contributed by atoms with van der Waals surface area (Å²) in [5.74, 6) is 0.668. The van der Waals surface area contributed by atoms with Crippen LogP contribution in [-0.4, -0.2) is 19.1 Å². The molecule has 0 unspecified atom stereocenters. The minimum atomic E-state index is 0.668. The first-order valence-corrected chi connectivity index (χ1v) is 27.3. The summed E-state index contributed by atoms with van der Waals surface area (Å²) in [4.78, 5) is 10.6. The van der Waals surface area contributed by atoms with Crippen molar-refractivity contribution in [3.05, 3.63) is 303 Å². The van der Waals surface area contributed by atoms with E-state index in [1.165, 1.54) is 65.9 Å². The molecule has 0 amide bonds. The molecular formula is C76H50N4. The predicted octanol–water partition coefficient (Wildman–Crippen LogP) is 20.0. The van der Waals surface area contributed by atoms with Crippen molar-refractivity contribution in [1.29, 1.82) is 0 Å². The standard InChI is InChI=1S/C76H50N4/c1-2-16-51(17-3-1)58-18-12-20-60(46-58)61-21-13-19-59(47-61)52-38-44-57(45-39-52)76-77-70(55-40-34-53(35-41-55)62-22-14-24-64(48-62)79-72-30-8-4-26-66(72)67-27-5-9-31-73(67)79)50-71(78-76)56-42-36-54(37-43-56)63-23-15-25-65(49-63)80-74-32-10-6-28-68(74)69-29-7-11-33-75(69)80/h1-50H. The van der Waals surface area contributed by atoms with Gasteiger partial charge in [-0.3, -0.25) is 0 Å². The monoisotopic (exact) mass is 1020 g/mol. The number of benzene rings is 12. The average molecular weight is 1020 g/mol. The highest BCUT2D eigenvalue weighted by molar-refractivity contribution is 6.10. The summed E-state index contributed by atoms with van der Waals surface area (Å²) in [5.41, 5.74) is 23.3. The number of rotatable bonds is 10. The lowest BCUT2D eigenvalue weighted by molar-refractivity contribution is 1.18. The van der Waals surface area contributed by atoms with E-state index in [1.54, 1.807) is 0 Å². The zero-order valence-electron chi connectivity index (χ0n) is 43.7. The topological polar surface area (TPSA) is 35.6 Å². The quantitative estimate of drug-likeness (QED) is 0.137. The van der Waals surface area contributed by atoms with Crippen molar-refractivity contribution in [3.8, 4) is 101 Å². The molecule has 0 aliphatic heterocycles. The number of hydrogen-bond donors (Lipinski definition) is 0. The molecule has 0 bridgehead atoms. The SMILES string of the molecule is c1ccc(-c2cccc(-c3cccc(-c4ccc(-c5nc(-c6ccc(-c7cccc(-n8c9ccccc9c9ccccc98)c7)cc6)cc(-c6ccc(-c7cccc(-n8c9ccccc9c9ccccc98)c7)cc6)n5)cc4)c3)c2)cc1. The number of nitrogens with zero attached hydrogens (tertiary/aromatic N) is 4. The Morgan fingerprint density at radius 3 is 0.850 bits per heavy atom. The molecule has 0 aliphatic rings. The minimum Gasteiger partial charge on any atom is -0.309 e. The first kappa shape index (κ1) is 46.6. The van der Waals surface area contributed by atoms with Gasteiger partial charge in [0, 0.05) is 49.6 Å². The molecule has 0 aliphatic carbocycles. The number of aromatic nitrogens is 4. The molecule has 15 aromatic rings. The maximum absolute atomic E-state index is 5.32. The van der Waals surface area contributed by atoms with E-state index in [1.807, 2.05) is 0 Å². The summed E-state index contributed by atoms with van der Waals surface area (Å²) in [7, 11) is 0. The van der Waals surface area contributed by atoms with Gasteiger partial charge in [-0.2, -0.15) is 0 Å². The fourth-order valence-corrected chi connectivity index (χ4v) is 11.8. The van der Waals surface area contributed by atoms with Crippen molar-refractivity contribution in [2.75, 3.05) is 0 Å². The van der Waals surface area contributed by atoms with E-state index in [2.05, 4.69) is 312 Å². The summed E-state index contributed by atoms with van der Waals surface area (Å²) >= 11 is 0. The zero-order chi connectivity index (χ0) is 52.9. The molecular weight excluding hydrogens is 969 g/mol. The van der Waals surface area contributed by atoms with Crippen LogP contribution in [0.25, 0.3) is 145 Å². The molecule has 0 saturated carbocycles. The third kappa shape index (κ3) is 8.44. The van der Waals surface area contributed by atoms with Crippen LogP contribution < -0.4 is 0 Å². The second kappa shape index (κ2) is 19.7. The molecule has 0 spiro atoms. The Bertz CT molecular complexity index is 4470. The third-order valence-electron chi connectivity index (χ3n) is 15.8. The van der Waals surface area contributed by atoms with E-state index >= 15 is 0 Å². The molecule has 12 aromatic carbocycles. The Labute approximate surface area is 464 Å². The van der Waals surface area contributed by atoms with Crippen molar-refractivity contribution < 1.29 is 0 Å². The highest BCUT2D eigenvalue weighted by Gasteiger charge is 2.17. The van der Waals surface area contributed by atoms with Gasteiger partial charge in [0.25, 0.3) is 0 Å². The summed E-state index contributed by atoms with van der Waals surface area (Å²) in [6, 6.07) is 109. The smallest absolute Gasteiger partial charge is 0.160 e. The van der Waals surface area contributed by atoms with Gasteiger partial charge in [-0.1, -0.05) is 237 Å². The van der Waals surface area contributed by atoms with E-state index in [0.29, 0.717) is 5.82 Å². The van der Waals surface area contributed by atoms with Gasteiger partial charge in [-0.15, -0.1) is 0 Å². The largest absolute Gasteiger partial charge is 0.309 e. The second-order valence-corrected chi connectivity index (χ2v) is 20.6. The third-order valence-corrected chi connectivity index (χ3v) is 15.8. The van der Waals surface area contributed by atoms with Gasteiger partial charge in [0.1, 0.15) is 0 Å². The van der Waals surface area contributed by atoms with Gasteiger partial charge in [-0.25, -0.2) is 9.97 Å². The predicted molar refractivity (Wildman–Crippen MR) is 334 cm³/mol. The Morgan fingerprint density at radius 2 is 0.463 bits per heavy atom. The Kier molecular flexibility index (Phi) is 11.5. The summed E-state index contributed by atoms with van der Waals surface area (Å²) in [6.45, 7) is 0. The van der Waals surface area contributed by atoms with Crippen molar-refractivity contribution in [1.82, 2.24) is 19.1 Å². The summed E-state index contributed by atoms with van der Waals surface area (Å²) in [6.07, 6.45) is 0. The van der Waals surface area contributed by atoms with Gasteiger partial charge in [0.15, 0.2) is 5.82 Å². The Morgan fingerprint density at radius 1 is 0.188 bits per heavy atom. The van der Waals surface area contributed by atoms with Crippen LogP contribution in [0.2, 0.25) is 0 Å². The van der Waals surface area contributed by atoms with E-state index in [9.17, 15) is 0 Å². The molecule has 3 aromatic heterocycles. The molecule has 0 fully saturated rings. The maximum atomic E-state index is 5.32. The maximum Gasteiger partial charge on any atom is 0.160 e. The molecule has 0 atom stereocenters. The molecule has 15 rings (SSSR count). The van der Waals surface area contributed by atoms with Gasteiger partial charge in [-0.05, 0) is 122 Å². The number of hydrogen-bond acceptors (Lipinski definition) is 2. The zero-order valence-corrected chi connectivity index (χ0v) is 43.7. The molecule has 3 heterocycles. The molecule has 374 valence electrons. The van der Waals surface area contributed by atoms with Crippen LogP contribution in [0.5, 0.6) is 0 Å². The number of para-hydroxylation sites is 4. The molecule has 0 N–H and O–H groups in total. The van der Waals surface area contributed by atoms with Crippen LogP contribution in [-0.2, 0) is 0 Å². The van der Waals surface area contributed by atoms with Crippen LogP contribution in [0.1, 0.15) is 0 Å². The Hall–Kier alpha value is -10.7. The molecule has 4 heteroatoms. The lowest BCUT2D eigenvalue weighted by Crippen LogP contribution is -1.96. The number of fused-ring (bicyclic) bond motifs is 6. The fraction of sp³-hybridized carbons (Fsp3) is 0. The van der Waals surface area contributed by atoms with Crippen molar-refractivity contribution in [2.24, 2.45) is 0 Å². The van der Waals surface area contributed by atoms with Gasteiger partial charge in [0.05, 0.1) is 33.5 Å². The fourth-order valence-electron chi connectivity index (χ4n) is 11.8. The van der Waals surface area contributed by atoms with Crippen LogP contribution in [0.3, 0.4) is 0 Å². The molecule has 4 nitrogen and oxygen atoms in total. The normalized spacial score (nSPS) is 11.5. The second-order valence-electron chi connectivity index (χ2n) is 20.6. The van der Waals surface area contributed by atoms with Crippen LogP contribution in [0, 0.1) is 0 Å². The first-order chi connectivity index (χ1) is 39.6. The van der Waals surface area contributed by atoms with E-state index in [0.717, 1.165) is 72.8 Å². The van der Waals surface area contributed by atoms with E-state index in [-0.39, 0.29) is 0 Å². The van der Waals surface area contributed by atoms with Gasteiger partial charge < -0.3 is 9.13 Å². The summed E-state index contributed by atoms with van der Waals surface area (Å²) in [5, 5.41) is 5.00. The molecule has 0 saturated heterocycles. The van der Waals surface area contributed by atoms with Gasteiger partial charge in [0.2, 0.25) is 0 Å². The van der Waals surface area contributed by atoms with Crippen molar-refractivity contribution in [3.63, 3.8) is 0 Å². The van der Waals surface area contributed by atoms with E-state index < -0.39 is 0 Å².